The summed E-state index contributed by atoms with van der Waals surface area (Å²) in [5.41, 5.74) is 0.717. The van der Waals surface area contributed by atoms with Crippen molar-refractivity contribution in [2.45, 2.75) is 27.7 Å². The zero-order chi connectivity index (χ0) is 20.3. The van der Waals surface area contributed by atoms with Crippen LogP contribution in [0.25, 0.3) is 6.08 Å². The number of carbonyl (C=O) groups is 2. The van der Waals surface area contributed by atoms with Crippen LogP contribution < -0.4 is 15.0 Å². The van der Waals surface area contributed by atoms with Gasteiger partial charge >= 0.3 is 0 Å². The summed E-state index contributed by atoms with van der Waals surface area (Å²) >= 11 is 1.57. The number of nitrogens with zero attached hydrogens (tertiary/aromatic N) is 1. The maximum absolute atomic E-state index is 13.1. The van der Waals surface area contributed by atoms with Gasteiger partial charge in [0.15, 0.2) is 0 Å². The van der Waals surface area contributed by atoms with E-state index in [1.165, 1.54) is 6.08 Å². The van der Waals surface area contributed by atoms with E-state index in [9.17, 15) is 9.59 Å². The number of hydrogen-bond acceptors (Lipinski definition) is 4. The molecule has 0 atom stereocenters. The first-order valence-corrected chi connectivity index (χ1v) is 10.3. The van der Waals surface area contributed by atoms with Crippen molar-refractivity contribution in [2.24, 2.45) is 11.3 Å². The van der Waals surface area contributed by atoms with Crippen LogP contribution in [-0.4, -0.2) is 25.0 Å². The molecule has 1 aromatic heterocycles. The second-order valence-electron chi connectivity index (χ2n) is 8.00. The highest BCUT2D eigenvalue weighted by Gasteiger charge is 2.38. The van der Waals surface area contributed by atoms with Gasteiger partial charge in [-0.3, -0.25) is 9.59 Å². The Kier molecular flexibility index (Phi) is 5.89. The molecule has 5 nitrogen and oxygen atoms in total. The minimum atomic E-state index is -0.610. The first-order valence-electron chi connectivity index (χ1n) is 9.37. The van der Waals surface area contributed by atoms with Gasteiger partial charge in [-0.1, -0.05) is 19.9 Å². The van der Waals surface area contributed by atoms with Crippen LogP contribution in [0.5, 0.6) is 5.75 Å². The molecule has 0 bridgehead atoms. The second kappa shape index (κ2) is 8.19. The van der Waals surface area contributed by atoms with E-state index in [2.05, 4.69) is 19.2 Å². The molecule has 0 radical (unpaired) electrons. The summed E-state index contributed by atoms with van der Waals surface area (Å²) in [6.45, 7) is 8.86. The molecule has 2 aromatic rings. The highest BCUT2D eigenvalue weighted by molar-refractivity contribution is 7.10. The van der Waals surface area contributed by atoms with E-state index >= 15 is 0 Å². The number of anilines is 2. The molecule has 28 heavy (non-hydrogen) atoms. The van der Waals surface area contributed by atoms with Gasteiger partial charge in [0.1, 0.15) is 12.4 Å². The molecule has 0 aliphatic carbocycles. The summed E-state index contributed by atoms with van der Waals surface area (Å²) in [6, 6.07) is 9.32. The average Bonchev–Trinajstić information content (AvgIpc) is 3.13. The van der Waals surface area contributed by atoms with Gasteiger partial charge in [-0.25, -0.2) is 0 Å². The van der Waals surface area contributed by atoms with E-state index in [0.717, 1.165) is 4.88 Å². The zero-order valence-electron chi connectivity index (χ0n) is 16.7. The predicted octanol–water partition coefficient (Wildman–Crippen LogP) is 4.81. The van der Waals surface area contributed by atoms with Crippen LogP contribution in [-0.2, 0) is 9.59 Å². The molecule has 1 N–H and O–H groups in total. The first-order chi connectivity index (χ1) is 13.3. The van der Waals surface area contributed by atoms with E-state index in [1.54, 1.807) is 28.4 Å². The van der Waals surface area contributed by atoms with Crippen molar-refractivity contribution in [1.29, 1.82) is 0 Å². The molecule has 0 saturated carbocycles. The number of fused-ring (bicyclic) bond motifs is 1. The van der Waals surface area contributed by atoms with Crippen LogP contribution >= 0.6 is 11.3 Å². The van der Waals surface area contributed by atoms with Gasteiger partial charge < -0.3 is 15.0 Å². The van der Waals surface area contributed by atoms with Crippen molar-refractivity contribution in [1.82, 2.24) is 0 Å². The molecule has 0 saturated heterocycles. The molecular weight excluding hydrogens is 372 g/mol. The lowest BCUT2D eigenvalue weighted by Crippen LogP contribution is -2.43. The molecule has 148 valence electrons. The first kappa shape index (κ1) is 20.1. The maximum Gasteiger partial charge on any atom is 0.248 e. The van der Waals surface area contributed by atoms with E-state index in [-0.39, 0.29) is 11.8 Å². The number of rotatable bonds is 5. The summed E-state index contributed by atoms with van der Waals surface area (Å²) in [4.78, 5) is 28.1. The molecule has 0 unspecified atom stereocenters. The highest BCUT2D eigenvalue weighted by atomic mass is 32.1. The van der Waals surface area contributed by atoms with Gasteiger partial charge in [-0.2, -0.15) is 0 Å². The molecule has 0 fully saturated rings. The largest absolute Gasteiger partial charge is 0.490 e. The lowest BCUT2D eigenvalue weighted by Gasteiger charge is -2.29. The van der Waals surface area contributed by atoms with Crippen molar-refractivity contribution in [3.8, 4) is 5.75 Å². The van der Waals surface area contributed by atoms with Crippen LogP contribution in [0.2, 0.25) is 0 Å². The summed E-state index contributed by atoms with van der Waals surface area (Å²) < 4.78 is 5.91. The van der Waals surface area contributed by atoms with Gasteiger partial charge in [0.2, 0.25) is 11.8 Å². The SMILES string of the molecule is CC(C)CN1C(=O)C(C)(C)COc2ccc(NC(=O)/C=C/c3cccs3)cc21. The van der Waals surface area contributed by atoms with Crippen molar-refractivity contribution in [3.63, 3.8) is 0 Å². The standard InChI is InChI=1S/C22H26N2O3S/c1-15(2)13-24-18-12-16(23-20(25)10-8-17-6-5-11-28-17)7-9-19(18)27-14-22(3,4)21(24)26/h5-12,15H,13-14H2,1-4H3,(H,23,25)/b10-8+. The summed E-state index contributed by atoms with van der Waals surface area (Å²) in [5.74, 6) is 0.773. The average molecular weight is 399 g/mol. The van der Waals surface area contributed by atoms with E-state index in [1.807, 2.05) is 43.5 Å². The second-order valence-corrected chi connectivity index (χ2v) is 8.98. The van der Waals surface area contributed by atoms with Gasteiger partial charge in [0.25, 0.3) is 0 Å². The third-order valence-corrected chi connectivity index (χ3v) is 5.26. The predicted molar refractivity (Wildman–Crippen MR) is 115 cm³/mol. The van der Waals surface area contributed by atoms with Crippen molar-refractivity contribution in [2.75, 3.05) is 23.4 Å². The Morgan fingerprint density at radius 2 is 2.14 bits per heavy atom. The van der Waals surface area contributed by atoms with Gasteiger partial charge in [0.05, 0.1) is 11.1 Å². The molecule has 3 rings (SSSR count). The minimum Gasteiger partial charge on any atom is -0.490 e. The molecular formula is C22H26N2O3S. The molecule has 1 aliphatic rings. The fourth-order valence-electron chi connectivity index (χ4n) is 3.00. The number of ether oxygens (including phenoxy) is 1. The Balaban J connectivity index is 1.85. The molecule has 1 aliphatic heterocycles. The van der Waals surface area contributed by atoms with E-state index < -0.39 is 5.41 Å². The summed E-state index contributed by atoms with van der Waals surface area (Å²) in [6.07, 6.45) is 3.29. The molecule has 6 heteroatoms. The third-order valence-electron chi connectivity index (χ3n) is 4.42. The van der Waals surface area contributed by atoms with Gasteiger partial charge in [-0.05, 0) is 55.5 Å². The van der Waals surface area contributed by atoms with Crippen LogP contribution in [0.4, 0.5) is 11.4 Å². The smallest absolute Gasteiger partial charge is 0.248 e. The number of benzene rings is 1. The number of thiophene rings is 1. The Morgan fingerprint density at radius 1 is 1.36 bits per heavy atom. The van der Waals surface area contributed by atoms with Crippen molar-refractivity contribution >= 4 is 40.6 Å². The lowest BCUT2D eigenvalue weighted by molar-refractivity contribution is -0.127. The van der Waals surface area contributed by atoms with Crippen molar-refractivity contribution < 1.29 is 14.3 Å². The molecule has 2 amide bonds. The number of nitrogens with one attached hydrogen (secondary N) is 1. The topological polar surface area (TPSA) is 58.6 Å². The monoisotopic (exact) mass is 398 g/mol. The number of carbonyl (C=O) groups excluding carboxylic acids is 2. The van der Waals surface area contributed by atoms with Gasteiger partial charge in [0, 0.05) is 23.2 Å². The molecule has 1 aromatic carbocycles. The quantitative estimate of drug-likeness (QED) is 0.736. The van der Waals surface area contributed by atoms with Crippen LogP contribution in [0.1, 0.15) is 32.6 Å². The fraction of sp³-hybridized carbons (Fsp3) is 0.364. The third kappa shape index (κ3) is 4.62. The summed E-state index contributed by atoms with van der Waals surface area (Å²) in [5, 5.41) is 4.83. The lowest BCUT2D eigenvalue weighted by atomic mass is 9.92. The Bertz CT molecular complexity index is 885. The molecule has 0 spiro atoms. The van der Waals surface area contributed by atoms with E-state index in [0.29, 0.717) is 36.2 Å². The van der Waals surface area contributed by atoms with Crippen LogP contribution in [0.3, 0.4) is 0 Å². The normalized spacial score (nSPS) is 16.0. The number of amides is 2. The van der Waals surface area contributed by atoms with Crippen LogP contribution in [0.15, 0.2) is 41.8 Å². The Hall–Kier alpha value is -2.60. The van der Waals surface area contributed by atoms with Gasteiger partial charge in [-0.15, -0.1) is 11.3 Å². The minimum absolute atomic E-state index is 0.0287. The Labute approximate surface area is 170 Å². The summed E-state index contributed by atoms with van der Waals surface area (Å²) in [7, 11) is 0. The maximum atomic E-state index is 13.1. The molecule has 2 heterocycles. The number of hydrogen-bond donors (Lipinski definition) is 1. The highest BCUT2D eigenvalue weighted by Crippen LogP contribution is 2.38. The van der Waals surface area contributed by atoms with Crippen LogP contribution in [0, 0.1) is 11.3 Å². The Morgan fingerprint density at radius 3 is 2.82 bits per heavy atom. The van der Waals surface area contributed by atoms with Crippen molar-refractivity contribution in [3.05, 3.63) is 46.7 Å². The zero-order valence-corrected chi connectivity index (χ0v) is 17.5. The van der Waals surface area contributed by atoms with E-state index in [4.69, 9.17) is 4.74 Å². The fourth-order valence-corrected chi connectivity index (χ4v) is 3.62.